The summed E-state index contributed by atoms with van der Waals surface area (Å²) in [6.45, 7) is 6.45. The minimum atomic E-state index is -3.65. The number of thiophene rings is 1. The first-order chi connectivity index (χ1) is 13.9. The van der Waals surface area contributed by atoms with Crippen molar-refractivity contribution in [2.24, 2.45) is 11.3 Å². The summed E-state index contributed by atoms with van der Waals surface area (Å²) in [5.74, 6) is -0.313. The summed E-state index contributed by atoms with van der Waals surface area (Å²) in [5, 5.41) is 4.75. The molecule has 30 heavy (non-hydrogen) atoms. The van der Waals surface area contributed by atoms with Gasteiger partial charge >= 0.3 is 0 Å². The zero-order chi connectivity index (χ0) is 22.5. The van der Waals surface area contributed by atoms with Crippen LogP contribution in [-0.2, 0) is 19.6 Å². The van der Waals surface area contributed by atoms with Gasteiger partial charge in [0.2, 0.25) is 11.8 Å². The predicted octanol–water partition coefficient (Wildman–Crippen LogP) is 1.31. The molecule has 0 spiro atoms. The molecule has 0 radical (unpaired) electrons. The molecule has 0 aliphatic carbocycles. The number of hydrogen-bond acceptors (Lipinski definition) is 6. The predicted molar refractivity (Wildman–Crippen MR) is 119 cm³/mol. The van der Waals surface area contributed by atoms with Crippen LogP contribution in [0.1, 0.15) is 26.7 Å². The van der Waals surface area contributed by atoms with Crippen LogP contribution in [0, 0.1) is 11.3 Å². The average Bonchev–Trinajstić information content (AvgIpc) is 3.21. The Labute approximate surface area is 184 Å². The molecule has 8 nitrogen and oxygen atoms in total. The number of carbonyl (C=O) groups excluding carboxylic acids is 2. The Kier molecular flexibility index (Phi) is 8.43. The second kappa shape index (κ2) is 10.2. The molecule has 1 aliphatic rings. The largest absolute Gasteiger partial charge is 0.355 e. The van der Waals surface area contributed by atoms with Crippen LogP contribution in [0.5, 0.6) is 0 Å². The number of piperidine rings is 1. The van der Waals surface area contributed by atoms with Crippen LogP contribution in [0.25, 0.3) is 0 Å². The van der Waals surface area contributed by atoms with Crippen molar-refractivity contribution in [1.82, 2.24) is 19.4 Å². The Morgan fingerprint density at radius 2 is 1.87 bits per heavy atom. The number of nitrogens with zero attached hydrogens (tertiary/aromatic N) is 3. The van der Waals surface area contributed by atoms with Gasteiger partial charge in [0.15, 0.2) is 0 Å². The minimum absolute atomic E-state index is 0.0194. The second-order valence-electron chi connectivity index (χ2n) is 8.97. The maximum Gasteiger partial charge on any atom is 0.252 e. The van der Waals surface area contributed by atoms with Gasteiger partial charge in [-0.15, -0.1) is 11.3 Å². The van der Waals surface area contributed by atoms with Crippen LogP contribution in [0.15, 0.2) is 21.7 Å². The third-order valence-corrected chi connectivity index (χ3v) is 8.40. The summed E-state index contributed by atoms with van der Waals surface area (Å²) in [7, 11) is 1.80. The second-order valence-corrected chi connectivity index (χ2v) is 12.2. The van der Waals surface area contributed by atoms with Crippen LogP contribution in [0.2, 0.25) is 0 Å². The number of sulfonamides is 1. The Morgan fingerprint density at radius 3 is 2.40 bits per heavy atom. The van der Waals surface area contributed by atoms with Gasteiger partial charge in [0.25, 0.3) is 10.0 Å². The molecule has 0 atom stereocenters. The highest BCUT2D eigenvalue weighted by Crippen LogP contribution is 2.22. The van der Waals surface area contributed by atoms with Gasteiger partial charge in [0.05, 0.1) is 6.54 Å². The van der Waals surface area contributed by atoms with Crippen molar-refractivity contribution < 1.29 is 18.0 Å². The molecule has 2 heterocycles. The molecule has 10 heteroatoms. The van der Waals surface area contributed by atoms with Crippen molar-refractivity contribution in [3.63, 3.8) is 0 Å². The molecule has 0 unspecified atom stereocenters. The summed E-state index contributed by atoms with van der Waals surface area (Å²) in [4.78, 5) is 28.9. The van der Waals surface area contributed by atoms with Crippen LogP contribution < -0.4 is 5.32 Å². The maximum absolute atomic E-state index is 12.6. The maximum atomic E-state index is 12.6. The highest BCUT2D eigenvalue weighted by Gasteiger charge is 2.31. The van der Waals surface area contributed by atoms with Gasteiger partial charge in [-0.05, 0) is 43.8 Å². The van der Waals surface area contributed by atoms with E-state index in [4.69, 9.17) is 0 Å². The molecule has 0 bridgehead atoms. The van der Waals surface area contributed by atoms with Gasteiger partial charge in [0, 0.05) is 39.1 Å². The van der Waals surface area contributed by atoms with E-state index in [0.29, 0.717) is 32.5 Å². The topological polar surface area (TPSA) is 90.0 Å². The van der Waals surface area contributed by atoms with Crippen molar-refractivity contribution in [2.45, 2.75) is 30.9 Å². The Balaban J connectivity index is 1.81. The van der Waals surface area contributed by atoms with Crippen molar-refractivity contribution in [2.75, 3.05) is 53.9 Å². The van der Waals surface area contributed by atoms with Crippen LogP contribution in [0.3, 0.4) is 0 Å². The fourth-order valence-electron chi connectivity index (χ4n) is 3.71. The first-order valence-electron chi connectivity index (χ1n) is 10.1. The van der Waals surface area contributed by atoms with Gasteiger partial charge in [-0.1, -0.05) is 19.9 Å². The van der Waals surface area contributed by atoms with Crippen LogP contribution in [0.4, 0.5) is 0 Å². The van der Waals surface area contributed by atoms with Gasteiger partial charge in [-0.2, -0.15) is 4.31 Å². The van der Waals surface area contributed by atoms with E-state index < -0.39 is 10.0 Å². The normalized spacial score (nSPS) is 16.3. The summed E-state index contributed by atoms with van der Waals surface area (Å²) in [6, 6.07) is 3.20. The fourth-order valence-corrected chi connectivity index (χ4v) is 6.03. The number of rotatable bonds is 9. The van der Waals surface area contributed by atoms with Gasteiger partial charge in [-0.25, -0.2) is 8.42 Å². The van der Waals surface area contributed by atoms with Crippen molar-refractivity contribution in [3.8, 4) is 0 Å². The quantitative estimate of drug-likeness (QED) is 0.603. The zero-order valence-corrected chi connectivity index (χ0v) is 20.2. The zero-order valence-electron chi connectivity index (χ0n) is 18.6. The molecular formula is C20H34N4O4S2. The molecule has 1 aromatic heterocycles. The summed E-state index contributed by atoms with van der Waals surface area (Å²) in [6.07, 6.45) is 1.18. The monoisotopic (exact) mass is 458 g/mol. The van der Waals surface area contributed by atoms with Gasteiger partial charge < -0.3 is 15.1 Å². The van der Waals surface area contributed by atoms with Gasteiger partial charge in [0.1, 0.15) is 4.21 Å². The van der Waals surface area contributed by atoms with E-state index >= 15 is 0 Å². The highest BCUT2D eigenvalue weighted by molar-refractivity contribution is 7.91. The van der Waals surface area contributed by atoms with E-state index in [1.807, 2.05) is 14.1 Å². The Hall–Kier alpha value is -1.49. The number of nitrogens with one attached hydrogen (secondary N) is 1. The summed E-state index contributed by atoms with van der Waals surface area (Å²) < 4.78 is 26.3. The first kappa shape index (κ1) is 24.8. The number of likely N-dealkylation sites (N-methyl/N-ethyl adjacent to an activating group) is 1. The summed E-state index contributed by atoms with van der Waals surface area (Å²) >= 11 is 1.13. The third kappa shape index (κ3) is 6.76. The summed E-state index contributed by atoms with van der Waals surface area (Å²) in [5.41, 5.74) is -0.0194. The molecule has 1 N–H and O–H groups in total. The Bertz CT molecular complexity index is 814. The lowest BCUT2D eigenvalue weighted by molar-refractivity contribution is -0.135. The van der Waals surface area contributed by atoms with E-state index in [9.17, 15) is 18.0 Å². The molecule has 2 rings (SSSR count). The first-order valence-corrected chi connectivity index (χ1v) is 12.4. The van der Waals surface area contributed by atoms with E-state index in [1.54, 1.807) is 16.3 Å². The molecule has 1 fully saturated rings. The fraction of sp³-hybridized carbons (Fsp3) is 0.700. The SMILES string of the molecule is CN(C)CC(C)(C)CNC(=O)C1CCN(C(=O)CN(C)S(=O)(=O)c2cccs2)CC1. The lowest BCUT2D eigenvalue weighted by Crippen LogP contribution is -2.48. The molecule has 1 aromatic rings. The molecule has 1 aliphatic heterocycles. The molecule has 0 saturated carbocycles. The minimum Gasteiger partial charge on any atom is -0.355 e. The van der Waals surface area contributed by atoms with Gasteiger partial charge in [-0.3, -0.25) is 9.59 Å². The Morgan fingerprint density at radius 1 is 1.23 bits per heavy atom. The molecular weight excluding hydrogens is 424 g/mol. The number of likely N-dealkylation sites (tertiary alicyclic amines) is 1. The smallest absolute Gasteiger partial charge is 0.252 e. The van der Waals surface area contributed by atoms with E-state index in [2.05, 4.69) is 24.1 Å². The average molecular weight is 459 g/mol. The van der Waals surface area contributed by atoms with Crippen molar-refractivity contribution in [3.05, 3.63) is 17.5 Å². The standard InChI is InChI=1S/C20H34N4O4S2/c1-20(2,15-22(3)4)14-21-19(26)16-8-10-24(11-9-16)17(25)13-23(5)30(27,28)18-7-6-12-29-18/h6-7,12,16H,8-11,13-15H2,1-5H3,(H,21,26). The van der Waals surface area contributed by atoms with E-state index in [0.717, 1.165) is 22.2 Å². The van der Waals surface area contributed by atoms with E-state index in [1.165, 1.54) is 13.1 Å². The lowest BCUT2D eigenvalue weighted by atomic mass is 9.91. The highest BCUT2D eigenvalue weighted by atomic mass is 32.2. The van der Waals surface area contributed by atoms with E-state index in [-0.39, 0.29) is 33.9 Å². The number of amides is 2. The molecule has 1 saturated heterocycles. The van der Waals surface area contributed by atoms with Crippen molar-refractivity contribution >= 4 is 33.2 Å². The number of hydrogen-bond donors (Lipinski definition) is 1. The van der Waals surface area contributed by atoms with Crippen LogP contribution >= 0.6 is 11.3 Å². The number of carbonyl (C=O) groups is 2. The molecule has 0 aromatic carbocycles. The third-order valence-electron chi connectivity index (χ3n) is 5.22. The molecule has 170 valence electrons. The van der Waals surface area contributed by atoms with Crippen molar-refractivity contribution in [1.29, 1.82) is 0 Å². The van der Waals surface area contributed by atoms with Crippen LogP contribution in [-0.4, -0.2) is 88.2 Å². The lowest BCUT2D eigenvalue weighted by Gasteiger charge is -2.33. The molecule has 2 amide bonds.